The minimum absolute atomic E-state index is 0.240. The van der Waals surface area contributed by atoms with Crippen LogP contribution in [0.4, 0.5) is 0 Å². The highest BCUT2D eigenvalue weighted by Gasteiger charge is 2.33. The predicted octanol–water partition coefficient (Wildman–Crippen LogP) is 29.4. The third-order valence-corrected chi connectivity index (χ3v) is 24.8. The highest BCUT2D eigenvalue weighted by Crippen LogP contribution is 2.61. The van der Waals surface area contributed by atoms with Crippen molar-refractivity contribution in [1.82, 2.24) is 0 Å². The first-order valence-electron chi connectivity index (χ1n) is 40.6. The minimum Gasteiger partial charge on any atom is -0.396 e. The lowest BCUT2D eigenvalue weighted by molar-refractivity contribution is 0.284. The zero-order valence-electron chi connectivity index (χ0n) is 63.7. The van der Waals surface area contributed by atoms with Crippen LogP contribution in [-0.4, -0.2) is 11.7 Å². The highest BCUT2D eigenvalue weighted by molar-refractivity contribution is 6.61. The van der Waals surface area contributed by atoms with Crippen LogP contribution >= 0.6 is 0 Å². The lowest BCUT2D eigenvalue weighted by Gasteiger charge is -2.30. The molecule has 0 bridgehead atoms. The lowest BCUT2D eigenvalue weighted by Crippen LogP contribution is -2.04. The maximum absolute atomic E-state index is 10.4. The smallest absolute Gasteiger partial charge is 0.0431 e. The molecule has 1 nitrogen and oxygen atoms in total. The molecule has 0 aliphatic rings. The van der Waals surface area contributed by atoms with Gasteiger partial charge in [-0.2, -0.15) is 0 Å². The molecule has 0 aliphatic heterocycles. The van der Waals surface area contributed by atoms with Crippen molar-refractivity contribution in [3.63, 3.8) is 0 Å². The van der Waals surface area contributed by atoms with Crippen molar-refractivity contribution in [2.45, 2.75) is 284 Å². The SMILES string of the molecule is CC(C)CCCC(C)CCc1cc2c3cc(CCCCO)cc4c5cc(CCC(C)CCCC(C)C)cc6c7cc(CCC(C)CCCC(C)C)cc8c9cc(CCC(C)CCCC(C)C)cc%10c%11cc(CCC(C)CCCC(C)C)cc%12c(c1)c2c1c(c34)c(c56)c(c78)c(c%109)c1c%12%11. The third-order valence-electron chi connectivity index (χ3n) is 24.8. The second kappa shape index (κ2) is 30.0. The van der Waals surface area contributed by atoms with E-state index in [4.69, 9.17) is 0 Å². The molecule has 13 rings (SSSR count). The number of aryl methyl sites for hydroxylation is 6. The maximum atomic E-state index is 10.4. The van der Waals surface area contributed by atoms with Crippen molar-refractivity contribution < 1.29 is 5.11 Å². The average Bonchev–Trinajstić information content (AvgIpc) is 0.644. The zero-order chi connectivity index (χ0) is 68.1. The Morgan fingerprint density at radius 1 is 0.186 bits per heavy atom. The first-order chi connectivity index (χ1) is 46.7. The van der Waals surface area contributed by atoms with E-state index < -0.39 is 0 Å². The molecule has 0 aromatic heterocycles. The Kier molecular flexibility index (Phi) is 21.6. The van der Waals surface area contributed by atoms with Gasteiger partial charge in [-0.3, -0.25) is 0 Å². The highest BCUT2D eigenvalue weighted by atomic mass is 16.2. The summed E-state index contributed by atoms with van der Waals surface area (Å²) >= 11 is 0. The number of hydrogen-bond acceptors (Lipinski definition) is 1. The molecule has 13 aromatic carbocycles. The maximum Gasteiger partial charge on any atom is 0.0431 e. The van der Waals surface area contributed by atoms with E-state index >= 15 is 0 Å². The van der Waals surface area contributed by atoms with Gasteiger partial charge in [0.15, 0.2) is 0 Å². The summed E-state index contributed by atoms with van der Waals surface area (Å²) in [5, 5.41) is 46.6. The van der Waals surface area contributed by atoms with Gasteiger partial charge in [-0.05, 0) is 305 Å². The summed E-state index contributed by atoms with van der Waals surface area (Å²) in [5.74, 6) is 7.18. The van der Waals surface area contributed by atoms with Crippen LogP contribution in [0, 0.1) is 59.2 Å². The van der Waals surface area contributed by atoms with Gasteiger partial charge >= 0.3 is 0 Å². The monoisotopic (exact) mass is 1290 g/mol. The molecule has 0 radical (unpaired) electrons. The number of aliphatic hydroxyl groups is 1. The first kappa shape index (κ1) is 70.0. The molecule has 0 heterocycles. The Bertz CT molecular complexity index is 4440. The molecule has 0 saturated carbocycles. The molecule has 0 aliphatic carbocycles. The van der Waals surface area contributed by atoms with Gasteiger partial charge in [-0.15, -0.1) is 0 Å². The van der Waals surface area contributed by atoms with Gasteiger partial charge in [0.1, 0.15) is 0 Å². The molecule has 5 atom stereocenters. The Balaban J connectivity index is 1.16. The molecule has 13 aromatic rings. The molecule has 516 valence electrons. The summed E-state index contributed by atoms with van der Waals surface area (Å²) in [6, 6.07) is 32.9. The van der Waals surface area contributed by atoms with Crippen molar-refractivity contribution >= 4 is 129 Å². The number of benzene rings is 13. The van der Waals surface area contributed by atoms with Gasteiger partial charge < -0.3 is 5.11 Å². The van der Waals surface area contributed by atoms with Crippen LogP contribution in [0.15, 0.2) is 72.8 Å². The van der Waals surface area contributed by atoms with Crippen LogP contribution in [-0.2, 0) is 38.5 Å². The Morgan fingerprint density at radius 2 is 0.351 bits per heavy atom. The summed E-state index contributed by atoms with van der Waals surface area (Å²) in [4.78, 5) is 0. The van der Waals surface area contributed by atoms with Crippen molar-refractivity contribution in [3.05, 3.63) is 106 Å². The van der Waals surface area contributed by atoms with Gasteiger partial charge in [-0.25, -0.2) is 0 Å². The number of aliphatic hydroxyl groups excluding tert-OH is 1. The fourth-order valence-electron chi connectivity index (χ4n) is 19.1. The number of unbranched alkanes of at least 4 members (excludes halogenated alkanes) is 1. The van der Waals surface area contributed by atoms with Crippen LogP contribution < -0.4 is 0 Å². The van der Waals surface area contributed by atoms with Gasteiger partial charge in [0.05, 0.1) is 0 Å². The molecule has 0 spiro atoms. The fraction of sp³-hybridized carbons (Fsp3) is 0.562. The molecule has 5 unspecified atom stereocenters. The van der Waals surface area contributed by atoms with Crippen molar-refractivity contribution in [2.24, 2.45) is 59.2 Å². The van der Waals surface area contributed by atoms with Gasteiger partial charge in [0, 0.05) is 6.61 Å². The predicted molar refractivity (Wildman–Crippen MR) is 435 cm³/mol. The minimum atomic E-state index is 0.240. The van der Waals surface area contributed by atoms with Crippen molar-refractivity contribution in [2.75, 3.05) is 6.61 Å². The van der Waals surface area contributed by atoms with Gasteiger partial charge in [0.25, 0.3) is 0 Å². The largest absolute Gasteiger partial charge is 0.396 e. The van der Waals surface area contributed by atoms with E-state index in [-0.39, 0.29) is 6.61 Å². The molecule has 1 heteroatoms. The van der Waals surface area contributed by atoms with E-state index in [0.717, 1.165) is 81.0 Å². The van der Waals surface area contributed by atoms with E-state index in [9.17, 15) is 5.11 Å². The van der Waals surface area contributed by atoms with Crippen molar-refractivity contribution in [1.29, 1.82) is 0 Å². The molecule has 0 saturated heterocycles. The summed E-state index contributed by atoms with van der Waals surface area (Å²) in [6.45, 7) is 36.9. The van der Waals surface area contributed by atoms with Crippen LogP contribution in [0.2, 0.25) is 0 Å². The van der Waals surface area contributed by atoms with E-state index in [2.05, 4.69) is 177 Å². The van der Waals surface area contributed by atoms with Crippen LogP contribution in [0.3, 0.4) is 0 Å². The normalized spacial score (nSPS) is 14.8. The standard InChI is InChI=1S/C96H126O/c1-57(2)23-18-28-62(11)34-39-68-47-75-73-45-67(33-16-17-44-97)46-74-76-48-69(40-35-63(12)29-19-24-58(3)4)50-78-80-52-71(42-37-65(14)31-21-26-60(7)8)54-82-84-56-72(43-38-66(15)32-22-27-61(9)10)55-83-81-53-70(41-36-64(13)30-20-25-59(5)6)51-79-77(49-68)86(75)92-91(85(73)74)93(87(76)78)95(89(80)82)96(90(83)84)94(92)88(79)81/h45-66,97H,16-44H2,1-15H3. The summed E-state index contributed by atoms with van der Waals surface area (Å²) < 4.78 is 0. The lowest BCUT2D eigenvalue weighted by atomic mass is 9.72. The number of fused-ring (bicyclic) bond motifs is 6. The van der Waals surface area contributed by atoms with E-state index in [1.807, 2.05) is 0 Å². The fourth-order valence-corrected chi connectivity index (χ4v) is 19.1. The number of hydrogen-bond donors (Lipinski definition) is 1. The van der Waals surface area contributed by atoms with E-state index in [1.165, 1.54) is 275 Å². The third kappa shape index (κ3) is 14.3. The molecular formula is C96H126O. The topological polar surface area (TPSA) is 20.2 Å². The van der Waals surface area contributed by atoms with Crippen LogP contribution in [0.5, 0.6) is 0 Å². The number of rotatable bonds is 39. The molecule has 0 amide bonds. The van der Waals surface area contributed by atoms with Crippen LogP contribution in [0.25, 0.3) is 129 Å². The van der Waals surface area contributed by atoms with Crippen LogP contribution in [0.1, 0.15) is 278 Å². The first-order valence-corrected chi connectivity index (χ1v) is 40.6. The molecular weight excluding hydrogens is 1170 g/mol. The Morgan fingerprint density at radius 3 is 0.505 bits per heavy atom. The average molecular weight is 1300 g/mol. The Labute approximate surface area is 586 Å². The van der Waals surface area contributed by atoms with Gasteiger partial charge in [-0.1, -0.05) is 273 Å². The summed E-state index contributed by atoms with van der Waals surface area (Å²) in [7, 11) is 0. The van der Waals surface area contributed by atoms with Crippen molar-refractivity contribution in [3.8, 4) is 0 Å². The van der Waals surface area contributed by atoms with E-state index in [0.29, 0.717) is 29.6 Å². The van der Waals surface area contributed by atoms with E-state index in [1.54, 1.807) is 16.2 Å². The molecule has 97 heavy (non-hydrogen) atoms. The summed E-state index contributed by atoms with van der Waals surface area (Å²) in [5.41, 5.74) is 9.04. The molecule has 0 fully saturated rings. The zero-order valence-corrected chi connectivity index (χ0v) is 63.7. The van der Waals surface area contributed by atoms with Gasteiger partial charge in [0.2, 0.25) is 0 Å². The second-order valence-corrected chi connectivity index (χ2v) is 35.7. The Hall–Kier alpha value is -5.50. The second-order valence-electron chi connectivity index (χ2n) is 35.7. The molecule has 1 N–H and O–H groups in total. The quantitative estimate of drug-likeness (QED) is 0.0231. The summed E-state index contributed by atoms with van der Waals surface area (Å²) in [6.07, 6.45) is 34.2.